The molecule has 0 saturated heterocycles. The van der Waals surface area contributed by atoms with Crippen molar-refractivity contribution in [2.24, 2.45) is 0 Å². The van der Waals surface area contributed by atoms with Crippen molar-refractivity contribution in [3.63, 3.8) is 0 Å². The molecule has 0 saturated carbocycles. The van der Waals surface area contributed by atoms with Crippen molar-refractivity contribution >= 4 is 22.8 Å². The molecule has 4 rings (SSSR count). The molecule has 1 aromatic heterocycles. The number of benzene rings is 3. The molecule has 0 spiro atoms. The lowest BCUT2D eigenvalue weighted by atomic mass is 10.0. The molecule has 0 aliphatic carbocycles. The van der Waals surface area contributed by atoms with E-state index in [9.17, 15) is 14.7 Å². The summed E-state index contributed by atoms with van der Waals surface area (Å²) in [5, 5.41) is 13.5. The third kappa shape index (κ3) is 5.72. The molecule has 0 bridgehead atoms. The maximum absolute atomic E-state index is 12.6. The van der Waals surface area contributed by atoms with Crippen LogP contribution in [-0.4, -0.2) is 34.7 Å². The maximum atomic E-state index is 12.6. The number of carboxylic acids is 1. The molecule has 6 heteroatoms. The minimum Gasteiger partial charge on any atom is -0.493 e. The quantitative estimate of drug-likeness (QED) is 0.263. The van der Waals surface area contributed by atoms with Crippen molar-refractivity contribution in [2.45, 2.75) is 32.7 Å². The number of rotatable bonds is 11. The number of nitrogens with zero attached hydrogens (tertiary/aromatic N) is 1. The second kappa shape index (κ2) is 11.4. The fourth-order valence-corrected chi connectivity index (χ4v) is 4.15. The summed E-state index contributed by atoms with van der Waals surface area (Å²) in [6.07, 6.45) is 4.60. The predicted molar refractivity (Wildman–Crippen MR) is 138 cm³/mol. The van der Waals surface area contributed by atoms with Crippen molar-refractivity contribution in [1.82, 2.24) is 9.88 Å². The monoisotopic (exact) mass is 470 g/mol. The van der Waals surface area contributed by atoms with Gasteiger partial charge in [-0.25, -0.2) is 4.79 Å². The highest BCUT2D eigenvalue weighted by atomic mass is 16.5. The Labute approximate surface area is 205 Å². The molecule has 4 aromatic rings. The van der Waals surface area contributed by atoms with Gasteiger partial charge in [-0.2, -0.15) is 0 Å². The van der Waals surface area contributed by atoms with Gasteiger partial charge in [0.1, 0.15) is 5.75 Å². The van der Waals surface area contributed by atoms with Crippen LogP contribution in [0.4, 0.5) is 0 Å². The van der Waals surface area contributed by atoms with Crippen LogP contribution in [0.3, 0.4) is 0 Å². The van der Waals surface area contributed by atoms with E-state index in [0.717, 1.165) is 47.8 Å². The van der Waals surface area contributed by atoms with Crippen molar-refractivity contribution < 1.29 is 19.4 Å². The van der Waals surface area contributed by atoms with Gasteiger partial charge in [0.25, 0.3) is 5.91 Å². The zero-order valence-corrected chi connectivity index (χ0v) is 19.9. The van der Waals surface area contributed by atoms with E-state index in [4.69, 9.17) is 4.74 Å². The average Bonchev–Trinajstić information content (AvgIpc) is 3.25. The largest absolute Gasteiger partial charge is 0.493 e. The van der Waals surface area contributed by atoms with E-state index in [1.165, 1.54) is 0 Å². The first kappa shape index (κ1) is 24.1. The normalized spacial score (nSPS) is 10.9. The number of ether oxygens (including phenoxy) is 1. The Morgan fingerprint density at radius 1 is 0.971 bits per heavy atom. The Hall–Kier alpha value is -4.06. The van der Waals surface area contributed by atoms with E-state index in [2.05, 4.69) is 28.2 Å². The fraction of sp³-hybridized carbons (Fsp3) is 0.241. The Balaban J connectivity index is 1.42. The van der Waals surface area contributed by atoms with Gasteiger partial charge < -0.3 is 19.7 Å². The zero-order valence-electron chi connectivity index (χ0n) is 19.9. The van der Waals surface area contributed by atoms with Crippen LogP contribution in [0.15, 0.2) is 79.0 Å². The van der Waals surface area contributed by atoms with Crippen LogP contribution in [0.2, 0.25) is 0 Å². The summed E-state index contributed by atoms with van der Waals surface area (Å²) in [7, 11) is 0. The first-order valence-corrected chi connectivity index (χ1v) is 12.0. The standard InChI is InChI=1S/C29H30N2O4/c1-2-18-35-27-13-7-6-12-24(27)28(32)30-16-8-9-17-31-20-25(21-10-4-3-5-11-21)23-15-14-22(29(33)34)19-26(23)31/h3-7,10-15,19-20H,2,8-9,16-18H2,1H3,(H,30,32)(H,33,34). The van der Waals surface area contributed by atoms with E-state index in [1.807, 2.05) is 49.4 Å². The summed E-state index contributed by atoms with van der Waals surface area (Å²) >= 11 is 0. The lowest BCUT2D eigenvalue weighted by Gasteiger charge is -2.11. The summed E-state index contributed by atoms with van der Waals surface area (Å²) in [6, 6.07) is 22.7. The number of aryl methyl sites for hydroxylation is 1. The predicted octanol–water partition coefficient (Wildman–Crippen LogP) is 6.01. The molecular weight excluding hydrogens is 440 g/mol. The van der Waals surface area contributed by atoms with Crippen molar-refractivity contribution in [2.75, 3.05) is 13.2 Å². The molecule has 0 aliphatic rings. The molecule has 0 fully saturated rings. The Morgan fingerprint density at radius 3 is 2.51 bits per heavy atom. The number of aromatic carboxylic acids is 1. The zero-order chi connectivity index (χ0) is 24.6. The van der Waals surface area contributed by atoms with Crippen LogP contribution in [0.25, 0.3) is 22.0 Å². The van der Waals surface area contributed by atoms with E-state index in [1.54, 1.807) is 18.2 Å². The molecule has 180 valence electrons. The molecule has 0 radical (unpaired) electrons. The van der Waals surface area contributed by atoms with Gasteiger partial charge in [0.2, 0.25) is 0 Å². The third-order valence-corrected chi connectivity index (χ3v) is 5.92. The number of unbranched alkanes of at least 4 members (excludes halogenated alkanes) is 1. The molecular formula is C29H30N2O4. The van der Waals surface area contributed by atoms with Crippen molar-refractivity contribution in [1.29, 1.82) is 0 Å². The molecule has 6 nitrogen and oxygen atoms in total. The van der Waals surface area contributed by atoms with Crippen LogP contribution >= 0.6 is 0 Å². The van der Waals surface area contributed by atoms with E-state index in [-0.39, 0.29) is 11.5 Å². The van der Waals surface area contributed by atoms with Crippen molar-refractivity contribution in [3.05, 3.63) is 90.1 Å². The second-order valence-electron chi connectivity index (χ2n) is 8.45. The highest BCUT2D eigenvalue weighted by Crippen LogP contribution is 2.31. The number of nitrogens with one attached hydrogen (secondary N) is 1. The fourth-order valence-electron chi connectivity index (χ4n) is 4.15. The Kier molecular flexibility index (Phi) is 7.83. The molecule has 35 heavy (non-hydrogen) atoms. The van der Waals surface area contributed by atoms with Gasteiger partial charge >= 0.3 is 5.97 Å². The summed E-state index contributed by atoms with van der Waals surface area (Å²) in [6.45, 7) is 3.87. The van der Waals surface area contributed by atoms with E-state index in [0.29, 0.717) is 24.5 Å². The smallest absolute Gasteiger partial charge is 0.335 e. The lowest BCUT2D eigenvalue weighted by Crippen LogP contribution is -2.25. The van der Waals surface area contributed by atoms with Gasteiger partial charge in [-0.1, -0.05) is 55.5 Å². The molecule has 0 atom stereocenters. The number of carbonyl (C=O) groups is 2. The minimum atomic E-state index is -0.938. The van der Waals surface area contributed by atoms with Gasteiger partial charge in [-0.15, -0.1) is 0 Å². The SMILES string of the molecule is CCCOc1ccccc1C(=O)NCCCCn1cc(-c2ccccc2)c2ccc(C(=O)O)cc21. The first-order chi connectivity index (χ1) is 17.1. The first-order valence-electron chi connectivity index (χ1n) is 12.0. The highest BCUT2D eigenvalue weighted by Gasteiger charge is 2.14. The number of hydrogen-bond acceptors (Lipinski definition) is 3. The highest BCUT2D eigenvalue weighted by molar-refractivity contribution is 6.00. The number of hydrogen-bond donors (Lipinski definition) is 2. The number of para-hydroxylation sites is 1. The Morgan fingerprint density at radius 2 is 1.74 bits per heavy atom. The second-order valence-corrected chi connectivity index (χ2v) is 8.45. The van der Waals surface area contributed by atoms with Gasteiger partial charge in [0.05, 0.1) is 17.7 Å². The number of fused-ring (bicyclic) bond motifs is 1. The van der Waals surface area contributed by atoms with Gasteiger partial charge in [0, 0.05) is 35.8 Å². The average molecular weight is 471 g/mol. The molecule has 2 N–H and O–H groups in total. The molecule has 0 aliphatic heterocycles. The lowest BCUT2D eigenvalue weighted by molar-refractivity contribution is 0.0696. The summed E-state index contributed by atoms with van der Waals surface area (Å²) < 4.78 is 7.80. The minimum absolute atomic E-state index is 0.138. The Bertz CT molecular complexity index is 1310. The molecule has 0 unspecified atom stereocenters. The van der Waals surface area contributed by atoms with Crippen LogP contribution in [0.1, 0.15) is 46.9 Å². The van der Waals surface area contributed by atoms with E-state index >= 15 is 0 Å². The third-order valence-electron chi connectivity index (χ3n) is 5.92. The van der Waals surface area contributed by atoms with Gasteiger partial charge in [-0.05, 0) is 49.1 Å². The van der Waals surface area contributed by atoms with Crippen LogP contribution in [-0.2, 0) is 6.54 Å². The van der Waals surface area contributed by atoms with E-state index < -0.39 is 5.97 Å². The van der Waals surface area contributed by atoms with Crippen molar-refractivity contribution in [3.8, 4) is 16.9 Å². The molecule has 1 heterocycles. The van der Waals surface area contributed by atoms with Gasteiger partial charge in [-0.3, -0.25) is 4.79 Å². The van der Waals surface area contributed by atoms with Gasteiger partial charge in [0.15, 0.2) is 0 Å². The maximum Gasteiger partial charge on any atom is 0.335 e. The number of amides is 1. The number of aromatic nitrogens is 1. The van der Waals surface area contributed by atoms with Crippen LogP contribution < -0.4 is 10.1 Å². The summed E-state index contributed by atoms with van der Waals surface area (Å²) in [5.74, 6) is -0.472. The van der Waals surface area contributed by atoms with Crippen LogP contribution in [0.5, 0.6) is 5.75 Å². The molecule has 3 aromatic carbocycles. The molecule has 1 amide bonds. The topological polar surface area (TPSA) is 80.6 Å². The number of carbonyl (C=O) groups excluding carboxylic acids is 1. The number of carboxylic acid groups (broad SMARTS) is 1. The summed E-state index contributed by atoms with van der Waals surface area (Å²) in [5.41, 5.74) is 3.89. The summed E-state index contributed by atoms with van der Waals surface area (Å²) in [4.78, 5) is 24.2. The van der Waals surface area contributed by atoms with Crippen LogP contribution in [0, 0.1) is 0 Å².